The Hall–Kier alpha value is -0.920. The third kappa shape index (κ3) is 6.91. The number of amides is 1. The van der Waals surface area contributed by atoms with Gasteiger partial charge in [-0.05, 0) is 44.9 Å². The SMILES string of the molecule is CS(=O)(=O)N(CCC(=O)NCC1CCCO1)CCC1=CCCCC1. The molecule has 1 aliphatic heterocycles. The van der Waals surface area contributed by atoms with E-state index in [9.17, 15) is 13.2 Å². The zero-order valence-electron chi connectivity index (χ0n) is 14.6. The van der Waals surface area contributed by atoms with Crippen LogP contribution in [0.1, 0.15) is 51.4 Å². The van der Waals surface area contributed by atoms with Crippen LogP contribution < -0.4 is 5.32 Å². The lowest BCUT2D eigenvalue weighted by Gasteiger charge is -2.21. The number of nitrogens with zero attached hydrogens (tertiary/aromatic N) is 1. The molecule has 1 atom stereocenters. The van der Waals surface area contributed by atoms with Crippen LogP contribution in [0.2, 0.25) is 0 Å². The maximum Gasteiger partial charge on any atom is 0.221 e. The predicted octanol–water partition coefficient (Wildman–Crippen LogP) is 1.82. The quantitative estimate of drug-likeness (QED) is 0.638. The molecule has 1 unspecified atom stereocenters. The lowest BCUT2D eigenvalue weighted by atomic mass is 9.97. The van der Waals surface area contributed by atoms with Gasteiger partial charge in [0.05, 0.1) is 12.4 Å². The second kappa shape index (κ2) is 9.53. The predicted molar refractivity (Wildman–Crippen MR) is 94.2 cm³/mol. The summed E-state index contributed by atoms with van der Waals surface area (Å²) >= 11 is 0. The van der Waals surface area contributed by atoms with E-state index in [4.69, 9.17) is 4.74 Å². The fraction of sp³-hybridized carbons (Fsp3) is 0.824. The first-order chi connectivity index (χ1) is 11.4. The minimum Gasteiger partial charge on any atom is -0.376 e. The number of hydrogen-bond acceptors (Lipinski definition) is 4. The molecule has 1 saturated heterocycles. The van der Waals surface area contributed by atoms with Gasteiger partial charge in [0.25, 0.3) is 0 Å². The summed E-state index contributed by atoms with van der Waals surface area (Å²) in [6, 6.07) is 0. The molecule has 1 fully saturated rings. The zero-order chi connectivity index (χ0) is 17.4. The first kappa shape index (κ1) is 19.4. The van der Waals surface area contributed by atoms with E-state index in [1.54, 1.807) is 0 Å². The van der Waals surface area contributed by atoms with Crippen molar-refractivity contribution in [1.82, 2.24) is 9.62 Å². The number of nitrogens with one attached hydrogen (secondary N) is 1. The van der Waals surface area contributed by atoms with Crippen molar-refractivity contribution in [2.75, 3.05) is 32.5 Å². The highest BCUT2D eigenvalue weighted by Crippen LogP contribution is 2.20. The van der Waals surface area contributed by atoms with Crippen molar-refractivity contribution in [3.05, 3.63) is 11.6 Å². The molecule has 138 valence electrons. The van der Waals surface area contributed by atoms with Crippen LogP contribution in [-0.2, 0) is 19.6 Å². The van der Waals surface area contributed by atoms with Crippen LogP contribution in [0.15, 0.2) is 11.6 Å². The summed E-state index contributed by atoms with van der Waals surface area (Å²) in [4.78, 5) is 11.9. The van der Waals surface area contributed by atoms with Crippen molar-refractivity contribution in [3.8, 4) is 0 Å². The fourth-order valence-corrected chi connectivity index (χ4v) is 4.04. The van der Waals surface area contributed by atoms with Gasteiger partial charge < -0.3 is 10.1 Å². The fourth-order valence-electron chi connectivity index (χ4n) is 3.19. The van der Waals surface area contributed by atoms with Gasteiger partial charge in [0.2, 0.25) is 15.9 Å². The summed E-state index contributed by atoms with van der Waals surface area (Å²) in [5.41, 5.74) is 1.35. The summed E-state index contributed by atoms with van der Waals surface area (Å²) in [5, 5.41) is 2.84. The molecule has 1 aliphatic carbocycles. The molecule has 0 radical (unpaired) electrons. The van der Waals surface area contributed by atoms with Crippen LogP contribution in [0.5, 0.6) is 0 Å². The molecule has 6 nitrogen and oxygen atoms in total. The van der Waals surface area contributed by atoms with Gasteiger partial charge in [-0.15, -0.1) is 0 Å². The molecule has 0 aromatic rings. The third-order valence-electron chi connectivity index (χ3n) is 4.68. The van der Waals surface area contributed by atoms with Crippen LogP contribution in [0.4, 0.5) is 0 Å². The molecule has 7 heteroatoms. The molecule has 0 aromatic heterocycles. The minimum absolute atomic E-state index is 0.109. The van der Waals surface area contributed by atoms with E-state index < -0.39 is 10.0 Å². The Balaban J connectivity index is 1.73. The van der Waals surface area contributed by atoms with Gasteiger partial charge in [0.15, 0.2) is 0 Å². The Labute approximate surface area is 145 Å². The highest BCUT2D eigenvalue weighted by Gasteiger charge is 2.20. The molecular formula is C17H30N2O4S. The van der Waals surface area contributed by atoms with Crippen LogP contribution in [0.25, 0.3) is 0 Å². The maximum absolute atomic E-state index is 11.9. The van der Waals surface area contributed by atoms with Gasteiger partial charge in [-0.3, -0.25) is 4.79 Å². The van der Waals surface area contributed by atoms with Gasteiger partial charge in [-0.2, -0.15) is 0 Å². The summed E-state index contributed by atoms with van der Waals surface area (Å²) in [6.07, 6.45) is 11.1. The van der Waals surface area contributed by atoms with E-state index in [2.05, 4.69) is 11.4 Å². The number of sulfonamides is 1. The molecule has 2 rings (SSSR count). The summed E-state index contributed by atoms with van der Waals surface area (Å²) in [6.45, 7) is 1.98. The van der Waals surface area contributed by atoms with E-state index in [1.807, 2.05) is 0 Å². The standard InChI is InChI=1S/C17H30N2O4S/c1-24(21,22)19(11-9-15-6-3-2-4-7-15)12-10-17(20)18-14-16-8-5-13-23-16/h6,16H,2-5,7-14H2,1H3,(H,18,20). The molecular weight excluding hydrogens is 328 g/mol. The lowest BCUT2D eigenvalue weighted by molar-refractivity contribution is -0.121. The topological polar surface area (TPSA) is 75.7 Å². The number of carbonyl (C=O) groups is 1. The Morgan fingerprint density at radius 2 is 2.17 bits per heavy atom. The summed E-state index contributed by atoms with van der Waals surface area (Å²) in [5.74, 6) is -0.115. The van der Waals surface area contributed by atoms with Crippen LogP contribution in [0.3, 0.4) is 0 Å². The van der Waals surface area contributed by atoms with E-state index in [1.165, 1.54) is 29.0 Å². The van der Waals surface area contributed by atoms with Crippen LogP contribution in [0, 0.1) is 0 Å². The number of carbonyl (C=O) groups excluding carboxylic acids is 1. The average molecular weight is 359 g/mol. The van der Waals surface area contributed by atoms with Crippen molar-refractivity contribution in [2.45, 2.75) is 57.5 Å². The van der Waals surface area contributed by atoms with E-state index >= 15 is 0 Å². The number of hydrogen-bond donors (Lipinski definition) is 1. The van der Waals surface area contributed by atoms with E-state index in [0.717, 1.165) is 38.7 Å². The largest absolute Gasteiger partial charge is 0.376 e. The lowest BCUT2D eigenvalue weighted by Crippen LogP contribution is -2.37. The van der Waals surface area contributed by atoms with Crippen molar-refractivity contribution in [1.29, 1.82) is 0 Å². The first-order valence-electron chi connectivity index (χ1n) is 8.96. The van der Waals surface area contributed by atoms with Crippen LogP contribution in [-0.4, -0.2) is 57.2 Å². The number of ether oxygens (including phenoxy) is 1. The molecule has 2 aliphatic rings. The summed E-state index contributed by atoms with van der Waals surface area (Å²) < 4.78 is 30.8. The van der Waals surface area contributed by atoms with Gasteiger partial charge in [0.1, 0.15) is 0 Å². The van der Waals surface area contributed by atoms with Crippen molar-refractivity contribution in [3.63, 3.8) is 0 Å². The Bertz CT molecular complexity index is 539. The molecule has 1 N–H and O–H groups in total. The molecule has 0 aromatic carbocycles. The third-order valence-corrected chi connectivity index (χ3v) is 5.98. The highest BCUT2D eigenvalue weighted by molar-refractivity contribution is 7.88. The second-order valence-electron chi connectivity index (χ2n) is 6.71. The summed E-state index contributed by atoms with van der Waals surface area (Å²) in [7, 11) is -3.29. The molecule has 24 heavy (non-hydrogen) atoms. The molecule has 0 spiro atoms. The van der Waals surface area contributed by atoms with Crippen molar-refractivity contribution >= 4 is 15.9 Å². The average Bonchev–Trinajstić information content (AvgIpc) is 3.06. The zero-order valence-corrected chi connectivity index (χ0v) is 15.4. The first-order valence-corrected chi connectivity index (χ1v) is 10.8. The molecule has 1 amide bonds. The van der Waals surface area contributed by atoms with Gasteiger partial charge in [0, 0.05) is 32.7 Å². The monoisotopic (exact) mass is 358 g/mol. The van der Waals surface area contributed by atoms with Gasteiger partial charge in [-0.25, -0.2) is 12.7 Å². The molecule has 0 bridgehead atoms. The van der Waals surface area contributed by atoms with Crippen LogP contribution >= 0.6 is 0 Å². The van der Waals surface area contributed by atoms with E-state index in [-0.39, 0.29) is 25.0 Å². The molecule has 1 heterocycles. The number of rotatable bonds is 9. The Morgan fingerprint density at radius 3 is 2.79 bits per heavy atom. The Kier molecular flexibility index (Phi) is 7.71. The van der Waals surface area contributed by atoms with Crippen molar-refractivity contribution in [2.24, 2.45) is 0 Å². The number of allylic oxidation sites excluding steroid dienone is 1. The molecule has 0 saturated carbocycles. The maximum atomic E-state index is 11.9. The smallest absolute Gasteiger partial charge is 0.221 e. The second-order valence-corrected chi connectivity index (χ2v) is 8.69. The van der Waals surface area contributed by atoms with E-state index in [0.29, 0.717) is 13.1 Å². The Morgan fingerprint density at radius 1 is 1.33 bits per heavy atom. The normalized spacial score (nSPS) is 21.8. The minimum atomic E-state index is -3.29. The van der Waals surface area contributed by atoms with Gasteiger partial charge in [-0.1, -0.05) is 11.6 Å². The van der Waals surface area contributed by atoms with Gasteiger partial charge >= 0.3 is 0 Å². The van der Waals surface area contributed by atoms with Crippen molar-refractivity contribution < 1.29 is 17.9 Å². The highest BCUT2D eigenvalue weighted by atomic mass is 32.2.